The molecule has 1 fully saturated rings. The molecule has 3 nitrogen and oxygen atoms in total. The lowest BCUT2D eigenvalue weighted by Gasteiger charge is -2.36. The molecule has 1 rings (SSSR count). The SMILES string of the molecule is C=NCC1(NC)CCNCC1. The van der Waals surface area contributed by atoms with Crippen molar-refractivity contribution in [3.8, 4) is 0 Å². The summed E-state index contributed by atoms with van der Waals surface area (Å²) < 4.78 is 0. The van der Waals surface area contributed by atoms with Crippen molar-refractivity contribution in [3.63, 3.8) is 0 Å². The van der Waals surface area contributed by atoms with Crippen molar-refractivity contribution >= 4 is 6.72 Å². The van der Waals surface area contributed by atoms with E-state index >= 15 is 0 Å². The Morgan fingerprint density at radius 3 is 2.64 bits per heavy atom. The highest BCUT2D eigenvalue weighted by molar-refractivity contribution is 5.24. The van der Waals surface area contributed by atoms with Crippen LogP contribution in [0.15, 0.2) is 4.99 Å². The van der Waals surface area contributed by atoms with E-state index in [1.54, 1.807) is 0 Å². The molecule has 0 aromatic heterocycles. The van der Waals surface area contributed by atoms with Gasteiger partial charge in [0.15, 0.2) is 0 Å². The number of piperidine rings is 1. The molecule has 0 aliphatic carbocycles. The van der Waals surface area contributed by atoms with Crippen LogP contribution in [0.5, 0.6) is 0 Å². The van der Waals surface area contributed by atoms with Crippen molar-refractivity contribution in [1.29, 1.82) is 0 Å². The Kier molecular flexibility index (Phi) is 3.02. The quantitative estimate of drug-likeness (QED) is 0.564. The minimum absolute atomic E-state index is 0.229. The van der Waals surface area contributed by atoms with Gasteiger partial charge in [0.2, 0.25) is 0 Å². The minimum Gasteiger partial charge on any atom is -0.317 e. The molecule has 1 heterocycles. The van der Waals surface area contributed by atoms with Crippen LogP contribution in [0.3, 0.4) is 0 Å². The fourth-order valence-corrected chi connectivity index (χ4v) is 1.61. The smallest absolute Gasteiger partial charge is 0.0565 e. The first kappa shape index (κ1) is 8.68. The average molecular weight is 155 g/mol. The maximum absolute atomic E-state index is 3.96. The fraction of sp³-hybridized carbons (Fsp3) is 0.875. The molecule has 11 heavy (non-hydrogen) atoms. The highest BCUT2D eigenvalue weighted by Crippen LogP contribution is 2.17. The zero-order chi connectivity index (χ0) is 8.16. The number of nitrogens with one attached hydrogen (secondary N) is 2. The van der Waals surface area contributed by atoms with Crippen LogP contribution in [0.2, 0.25) is 0 Å². The zero-order valence-corrected chi connectivity index (χ0v) is 7.19. The van der Waals surface area contributed by atoms with Gasteiger partial charge in [0.25, 0.3) is 0 Å². The van der Waals surface area contributed by atoms with Crippen LogP contribution in [0.1, 0.15) is 12.8 Å². The molecule has 0 saturated carbocycles. The lowest BCUT2D eigenvalue weighted by atomic mass is 9.89. The molecule has 1 aliphatic rings. The van der Waals surface area contributed by atoms with E-state index in [0.29, 0.717) is 0 Å². The largest absolute Gasteiger partial charge is 0.317 e. The number of aliphatic imine (C=N–C) groups is 1. The number of nitrogens with zero attached hydrogens (tertiary/aromatic N) is 1. The summed E-state index contributed by atoms with van der Waals surface area (Å²) in [5.74, 6) is 0. The first-order valence-corrected chi connectivity index (χ1v) is 4.15. The van der Waals surface area contributed by atoms with Crippen molar-refractivity contribution in [2.75, 3.05) is 26.7 Å². The van der Waals surface area contributed by atoms with Crippen molar-refractivity contribution < 1.29 is 0 Å². The number of rotatable bonds is 3. The Labute approximate surface area is 68.3 Å². The number of hydrogen-bond donors (Lipinski definition) is 2. The molecule has 3 heteroatoms. The first-order chi connectivity index (χ1) is 5.33. The topological polar surface area (TPSA) is 36.4 Å². The van der Waals surface area contributed by atoms with E-state index in [0.717, 1.165) is 32.5 Å². The van der Waals surface area contributed by atoms with E-state index in [1.807, 2.05) is 7.05 Å². The average Bonchev–Trinajstić information content (AvgIpc) is 2.07. The third-order valence-corrected chi connectivity index (χ3v) is 2.51. The molecule has 2 N–H and O–H groups in total. The van der Waals surface area contributed by atoms with Gasteiger partial charge in [-0.1, -0.05) is 0 Å². The monoisotopic (exact) mass is 155 g/mol. The van der Waals surface area contributed by atoms with Crippen molar-refractivity contribution in [2.24, 2.45) is 4.99 Å². The Balaban J connectivity index is 2.49. The van der Waals surface area contributed by atoms with Crippen LogP contribution in [-0.2, 0) is 0 Å². The molecule has 0 radical (unpaired) electrons. The van der Waals surface area contributed by atoms with Gasteiger partial charge in [0.05, 0.1) is 6.54 Å². The third kappa shape index (κ3) is 2.01. The molecule has 0 unspecified atom stereocenters. The third-order valence-electron chi connectivity index (χ3n) is 2.51. The summed E-state index contributed by atoms with van der Waals surface area (Å²) in [6.45, 7) is 6.56. The Hall–Kier alpha value is -0.410. The van der Waals surface area contributed by atoms with Crippen LogP contribution in [0.4, 0.5) is 0 Å². The highest BCUT2D eigenvalue weighted by atomic mass is 15.0. The predicted molar refractivity (Wildman–Crippen MR) is 48.3 cm³/mol. The van der Waals surface area contributed by atoms with Crippen LogP contribution >= 0.6 is 0 Å². The molecule has 1 saturated heterocycles. The summed E-state index contributed by atoms with van der Waals surface area (Å²) in [5.41, 5.74) is 0.229. The van der Waals surface area contributed by atoms with Gasteiger partial charge >= 0.3 is 0 Å². The van der Waals surface area contributed by atoms with Crippen LogP contribution in [0, 0.1) is 0 Å². The Morgan fingerprint density at radius 1 is 1.55 bits per heavy atom. The van der Waals surface area contributed by atoms with Crippen molar-refractivity contribution in [3.05, 3.63) is 0 Å². The van der Waals surface area contributed by atoms with Crippen LogP contribution in [-0.4, -0.2) is 38.9 Å². The summed E-state index contributed by atoms with van der Waals surface area (Å²) in [5, 5.41) is 6.67. The second-order valence-corrected chi connectivity index (χ2v) is 3.16. The minimum atomic E-state index is 0.229. The van der Waals surface area contributed by atoms with E-state index in [9.17, 15) is 0 Å². The van der Waals surface area contributed by atoms with E-state index in [2.05, 4.69) is 22.3 Å². The van der Waals surface area contributed by atoms with Crippen LogP contribution < -0.4 is 10.6 Å². The van der Waals surface area contributed by atoms with Gasteiger partial charge in [0.1, 0.15) is 0 Å². The first-order valence-electron chi connectivity index (χ1n) is 4.15. The standard InChI is InChI=1S/C8H17N3/c1-9-7-8(10-2)3-5-11-6-4-8/h10-11H,1,3-7H2,2H3. The second kappa shape index (κ2) is 3.83. The lowest BCUT2D eigenvalue weighted by Crippen LogP contribution is -2.53. The molecule has 0 bridgehead atoms. The van der Waals surface area contributed by atoms with Gasteiger partial charge in [-0.2, -0.15) is 0 Å². The van der Waals surface area contributed by atoms with Crippen molar-refractivity contribution in [2.45, 2.75) is 18.4 Å². The molecule has 0 amide bonds. The van der Waals surface area contributed by atoms with Gasteiger partial charge in [-0.15, -0.1) is 0 Å². The van der Waals surface area contributed by atoms with Gasteiger partial charge < -0.3 is 10.6 Å². The molecular formula is C8H17N3. The van der Waals surface area contributed by atoms with E-state index in [4.69, 9.17) is 0 Å². The van der Waals surface area contributed by atoms with Gasteiger partial charge in [-0.05, 0) is 39.7 Å². The summed E-state index contributed by atoms with van der Waals surface area (Å²) >= 11 is 0. The normalized spacial score (nSPS) is 23.0. The highest BCUT2D eigenvalue weighted by Gasteiger charge is 2.28. The second-order valence-electron chi connectivity index (χ2n) is 3.16. The maximum Gasteiger partial charge on any atom is 0.0565 e. The maximum atomic E-state index is 3.96. The van der Waals surface area contributed by atoms with Crippen LogP contribution in [0.25, 0.3) is 0 Å². The zero-order valence-electron chi connectivity index (χ0n) is 7.19. The summed E-state index contributed by atoms with van der Waals surface area (Å²) in [6.07, 6.45) is 2.31. The van der Waals surface area contributed by atoms with Gasteiger partial charge in [-0.25, -0.2) is 0 Å². The van der Waals surface area contributed by atoms with Crippen molar-refractivity contribution in [1.82, 2.24) is 10.6 Å². The number of likely N-dealkylation sites (N-methyl/N-ethyl adjacent to an activating group) is 1. The lowest BCUT2D eigenvalue weighted by molar-refractivity contribution is 0.268. The summed E-state index contributed by atoms with van der Waals surface area (Å²) in [4.78, 5) is 3.96. The molecule has 64 valence electrons. The molecule has 0 aromatic rings. The predicted octanol–water partition coefficient (Wildman–Crippen LogP) is 0.0286. The fourth-order valence-electron chi connectivity index (χ4n) is 1.61. The molecule has 0 spiro atoms. The Bertz CT molecular complexity index is 127. The van der Waals surface area contributed by atoms with Gasteiger partial charge in [-0.3, -0.25) is 4.99 Å². The van der Waals surface area contributed by atoms with E-state index in [1.165, 1.54) is 0 Å². The van der Waals surface area contributed by atoms with E-state index in [-0.39, 0.29) is 5.54 Å². The molecule has 0 aromatic carbocycles. The molecule has 1 aliphatic heterocycles. The number of hydrogen-bond acceptors (Lipinski definition) is 3. The summed E-state index contributed by atoms with van der Waals surface area (Å²) in [6, 6.07) is 0. The molecular weight excluding hydrogens is 138 g/mol. The molecule has 0 atom stereocenters. The summed E-state index contributed by atoms with van der Waals surface area (Å²) in [7, 11) is 2.01. The van der Waals surface area contributed by atoms with Gasteiger partial charge in [0, 0.05) is 5.54 Å². The van der Waals surface area contributed by atoms with E-state index < -0.39 is 0 Å². The Morgan fingerprint density at radius 2 is 2.18 bits per heavy atom.